The lowest BCUT2D eigenvalue weighted by Gasteiger charge is -2.30. The van der Waals surface area contributed by atoms with Crippen LogP contribution in [0.1, 0.15) is 57.8 Å². The summed E-state index contributed by atoms with van der Waals surface area (Å²) in [5.41, 5.74) is 0. The Kier molecular flexibility index (Phi) is 9.06. The Morgan fingerprint density at radius 2 is 1.64 bits per heavy atom. The Morgan fingerprint density at radius 3 is 2.28 bits per heavy atom. The number of nitrogens with one attached hydrogen (secondary N) is 2. The normalized spacial score (nSPS) is 35.6. The van der Waals surface area contributed by atoms with Gasteiger partial charge in [-0.2, -0.15) is 0 Å². The van der Waals surface area contributed by atoms with Gasteiger partial charge in [0.25, 0.3) is 0 Å². The van der Waals surface area contributed by atoms with E-state index in [0.29, 0.717) is 6.42 Å². The number of aliphatic hydroxyl groups is 5. The second kappa shape index (κ2) is 10.8. The zero-order chi connectivity index (χ0) is 18.2. The van der Waals surface area contributed by atoms with Gasteiger partial charge in [-0.05, 0) is 32.2 Å². The van der Waals surface area contributed by atoms with Crippen LogP contribution in [-0.2, 0) is 0 Å². The summed E-state index contributed by atoms with van der Waals surface area (Å²) in [6.07, 6.45) is 5.19. The second-order valence-corrected chi connectivity index (χ2v) is 7.65. The summed E-state index contributed by atoms with van der Waals surface area (Å²) in [5, 5.41) is 55.5. The minimum absolute atomic E-state index is 0.0181. The van der Waals surface area contributed by atoms with Gasteiger partial charge in [0.15, 0.2) is 0 Å². The molecule has 7 nitrogen and oxygen atoms in total. The molecule has 0 spiro atoms. The topological polar surface area (TPSA) is 125 Å². The average Bonchev–Trinajstić information content (AvgIpc) is 2.92. The monoisotopic (exact) mass is 360 g/mol. The molecule has 0 unspecified atom stereocenters. The maximum atomic E-state index is 10.2. The number of rotatable bonds is 10. The fraction of sp³-hybridized carbons (Fsp3) is 1.00. The van der Waals surface area contributed by atoms with Gasteiger partial charge in [-0.25, -0.2) is 0 Å². The van der Waals surface area contributed by atoms with E-state index in [-0.39, 0.29) is 18.7 Å². The lowest BCUT2D eigenvalue weighted by atomic mass is 9.94. The molecule has 0 aromatic carbocycles. The molecule has 7 N–H and O–H groups in total. The Balaban J connectivity index is 1.53. The fourth-order valence-corrected chi connectivity index (χ4v) is 4.04. The first-order valence-corrected chi connectivity index (χ1v) is 9.87. The first-order valence-electron chi connectivity index (χ1n) is 9.87. The van der Waals surface area contributed by atoms with Crippen LogP contribution in [0, 0.1) is 0 Å². The smallest absolute Gasteiger partial charge is 0.0989 e. The van der Waals surface area contributed by atoms with Crippen LogP contribution in [0.3, 0.4) is 0 Å². The van der Waals surface area contributed by atoms with E-state index in [2.05, 4.69) is 10.6 Å². The van der Waals surface area contributed by atoms with Crippen molar-refractivity contribution in [1.29, 1.82) is 0 Å². The van der Waals surface area contributed by atoms with Gasteiger partial charge in [0.2, 0.25) is 0 Å². The molecule has 2 saturated heterocycles. The van der Waals surface area contributed by atoms with Crippen molar-refractivity contribution in [2.75, 3.05) is 13.2 Å². The molecular weight excluding hydrogens is 324 g/mol. The molecule has 7 heteroatoms. The zero-order valence-electron chi connectivity index (χ0n) is 15.1. The fourth-order valence-electron chi connectivity index (χ4n) is 4.04. The molecule has 2 fully saturated rings. The van der Waals surface area contributed by atoms with Gasteiger partial charge in [0, 0.05) is 12.1 Å². The van der Waals surface area contributed by atoms with E-state index >= 15 is 0 Å². The average molecular weight is 360 g/mol. The minimum Gasteiger partial charge on any atom is -0.395 e. The summed E-state index contributed by atoms with van der Waals surface area (Å²) in [7, 11) is 0. The Hall–Kier alpha value is -0.280. The molecule has 0 bridgehead atoms. The van der Waals surface area contributed by atoms with Crippen molar-refractivity contribution in [3.8, 4) is 0 Å². The quantitative estimate of drug-likeness (QED) is 0.256. The molecule has 0 aliphatic carbocycles. The van der Waals surface area contributed by atoms with Gasteiger partial charge < -0.3 is 36.2 Å². The van der Waals surface area contributed by atoms with Crippen LogP contribution in [0.5, 0.6) is 0 Å². The number of unbranched alkanes of at least 4 members (excludes halogenated alkanes) is 3. The Morgan fingerprint density at radius 1 is 0.920 bits per heavy atom. The van der Waals surface area contributed by atoms with Crippen molar-refractivity contribution < 1.29 is 25.5 Å². The van der Waals surface area contributed by atoms with Crippen LogP contribution in [0.4, 0.5) is 0 Å². The van der Waals surface area contributed by atoms with Crippen molar-refractivity contribution in [3.05, 3.63) is 0 Å². The first-order chi connectivity index (χ1) is 12.0. The molecular formula is C18H36N2O5. The zero-order valence-corrected chi connectivity index (χ0v) is 15.1. The molecule has 2 aliphatic heterocycles. The molecule has 0 aromatic rings. The highest BCUT2D eigenvalue weighted by Crippen LogP contribution is 2.20. The summed E-state index contributed by atoms with van der Waals surface area (Å²) in [6.45, 7) is 0.742. The predicted octanol–water partition coefficient (Wildman–Crippen LogP) is -0.755. The van der Waals surface area contributed by atoms with Gasteiger partial charge in [0.05, 0.1) is 37.1 Å². The van der Waals surface area contributed by atoms with E-state index in [1.54, 1.807) is 0 Å². The number of hydrogen-bond donors (Lipinski definition) is 7. The highest BCUT2D eigenvalue weighted by Gasteiger charge is 2.39. The van der Waals surface area contributed by atoms with Gasteiger partial charge in [-0.1, -0.05) is 32.1 Å². The Bertz CT molecular complexity index is 367. The summed E-state index contributed by atoms with van der Waals surface area (Å²) in [4.78, 5) is 0. The maximum absolute atomic E-state index is 10.2. The first kappa shape index (κ1) is 21.0. The summed E-state index contributed by atoms with van der Waals surface area (Å²) < 4.78 is 0. The van der Waals surface area contributed by atoms with Crippen LogP contribution >= 0.6 is 0 Å². The van der Waals surface area contributed by atoms with Crippen LogP contribution in [0.15, 0.2) is 0 Å². The largest absolute Gasteiger partial charge is 0.395 e. The van der Waals surface area contributed by atoms with Crippen LogP contribution in [-0.4, -0.2) is 81.2 Å². The molecule has 2 heterocycles. The molecule has 148 valence electrons. The third-order valence-corrected chi connectivity index (χ3v) is 5.72. The summed E-state index contributed by atoms with van der Waals surface area (Å²) in [5.74, 6) is 0. The van der Waals surface area contributed by atoms with Crippen molar-refractivity contribution in [3.63, 3.8) is 0 Å². The van der Waals surface area contributed by atoms with Crippen molar-refractivity contribution in [1.82, 2.24) is 10.6 Å². The maximum Gasteiger partial charge on any atom is 0.0989 e. The molecule has 25 heavy (non-hydrogen) atoms. The number of hydrogen-bond acceptors (Lipinski definition) is 7. The molecule has 7 atom stereocenters. The molecule has 2 rings (SSSR count). The number of piperidine rings is 1. The van der Waals surface area contributed by atoms with E-state index in [1.165, 1.54) is 0 Å². The van der Waals surface area contributed by atoms with Gasteiger partial charge in [0.1, 0.15) is 0 Å². The third kappa shape index (κ3) is 6.13. The molecule has 0 amide bonds. The van der Waals surface area contributed by atoms with Crippen molar-refractivity contribution in [2.24, 2.45) is 0 Å². The van der Waals surface area contributed by atoms with E-state index in [0.717, 1.165) is 57.9 Å². The highest BCUT2D eigenvalue weighted by atomic mass is 16.3. The SMILES string of the molecule is OC[C@H]1N[C@H](CCCCCC[C@H](O)[C@@H](O)[C@H]2CCCCN2)[C@@H](O)[C@@H]1O. The molecule has 0 aromatic heterocycles. The summed E-state index contributed by atoms with van der Waals surface area (Å²) >= 11 is 0. The van der Waals surface area contributed by atoms with Crippen molar-refractivity contribution in [2.45, 2.75) is 100 Å². The molecule has 0 radical (unpaired) electrons. The van der Waals surface area contributed by atoms with Crippen LogP contribution < -0.4 is 10.6 Å². The highest BCUT2D eigenvalue weighted by molar-refractivity contribution is 4.97. The van der Waals surface area contributed by atoms with Gasteiger partial charge >= 0.3 is 0 Å². The third-order valence-electron chi connectivity index (χ3n) is 5.72. The standard InChI is InChI=1S/C18H36N2O5/c21-11-14-18(25)17(24)13(20-14)8-3-1-2-4-9-15(22)16(23)12-7-5-6-10-19-12/h12-25H,1-11H2/t12-,13-,14-,15+,16+,17-,18-/m1/s1. The lowest BCUT2D eigenvalue weighted by molar-refractivity contribution is -0.0145. The lowest BCUT2D eigenvalue weighted by Crippen LogP contribution is -2.48. The van der Waals surface area contributed by atoms with Crippen LogP contribution in [0.25, 0.3) is 0 Å². The van der Waals surface area contributed by atoms with E-state index in [1.807, 2.05) is 0 Å². The van der Waals surface area contributed by atoms with Crippen LogP contribution in [0.2, 0.25) is 0 Å². The van der Waals surface area contributed by atoms with E-state index in [9.17, 15) is 20.4 Å². The molecule has 0 saturated carbocycles. The van der Waals surface area contributed by atoms with Crippen molar-refractivity contribution >= 4 is 0 Å². The van der Waals surface area contributed by atoms with E-state index < -0.39 is 30.5 Å². The van der Waals surface area contributed by atoms with Gasteiger partial charge in [-0.15, -0.1) is 0 Å². The number of aliphatic hydroxyl groups excluding tert-OH is 5. The summed E-state index contributed by atoms with van der Waals surface area (Å²) in [6, 6.07) is -0.591. The second-order valence-electron chi connectivity index (χ2n) is 7.65. The predicted molar refractivity (Wildman–Crippen MR) is 95.2 cm³/mol. The van der Waals surface area contributed by atoms with Gasteiger partial charge in [-0.3, -0.25) is 0 Å². The van der Waals surface area contributed by atoms with E-state index in [4.69, 9.17) is 5.11 Å². The Labute approximate surface area is 150 Å². The minimum atomic E-state index is -0.903. The molecule has 2 aliphatic rings.